The quantitative estimate of drug-likeness (QED) is 0.0509. The van der Waals surface area contributed by atoms with Gasteiger partial charge in [0.25, 0.3) is 0 Å². The van der Waals surface area contributed by atoms with E-state index in [0.717, 1.165) is 25.7 Å². The number of benzene rings is 1. The normalized spacial score (nSPS) is 11.2. The largest absolute Gasteiger partial charge is 0.462 e. The Labute approximate surface area is 311 Å². The molecule has 290 valence electrons. The fraction of sp³-hybridized carbons (Fsp3) is 0.826. The fourth-order valence-corrected chi connectivity index (χ4v) is 6.92. The first kappa shape index (κ1) is 46.2. The van der Waals surface area contributed by atoms with E-state index in [2.05, 4.69) is 13.8 Å². The summed E-state index contributed by atoms with van der Waals surface area (Å²) < 4.78 is 11.0. The van der Waals surface area contributed by atoms with Crippen molar-refractivity contribution in [2.45, 2.75) is 232 Å². The molecule has 4 heteroatoms. The maximum Gasteiger partial charge on any atom is 0.338 e. The third-order valence-corrected chi connectivity index (χ3v) is 10.3. The van der Waals surface area contributed by atoms with E-state index in [1.807, 2.05) is 0 Å². The van der Waals surface area contributed by atoms with Gasteiger partial charge in [-0.25, -0.2) is 9.59 Å². The molecule has 0 atom stereocenters. The van der Waals surface area contributed by atoms with Gasteiger partial charge in [-0.2, -0.15) is 0 Å². The highest BCUT2D eigenvalue weighted by Gasteiger charge is 2.12. The molecular weight excluding hydrogens is 617 g/mol. The van der Waals surface area contributed by atoms with Crippen LogP contribution in [-0.2, 0) is 9.47 Å². The monoisotopic (exact) mass is 699 g/mol. The standard InChI is InChI=1S/C46H82O4/c1-3-5-7-9-11-13-15-17-19-21-23-25-27-29-31-33-35-40-49-45(47)43-38-37-39-44(42-43)46(48)50-41-36-34-32-30-28-26-24-22-20-18-16-14-12-10-8-6-4-2/h37-39,42H,3-36,40-41H2,1-2H3. The number of rotatable bonds is 38. The fourth-order valence-electron chi connectivity index (χ4n) is 6.92. The van der Waals surface area contributed by atoms with Crippen molar-refractivity contribution in [3.8, 4) is 0 Å². The van der Waals surface area contributed by atoms with Crippen LogP contribution in [0.2, 0.25) is 0 Å². The average Bonchev–Trinajstić information content (AvgIpc) is 3.13. The molecule has 0 aromatic heterocycles. The smallest absolute Gasteiger partial charge is 0.338 e. The van der Waals surface area contributed by atoms with Gasteiger partial charge >= 0.3 is 11.9 Å². The highest BCUT2D eigenvalue weighted by atomic mass is 16.5. The molecule has 0 unspecified atom stereocenters. The summed E-state index contributed by atoms with van der Waals surface area (Å²) in [6, 6.07) is 6.76. The number of carbonyl (C=O) groups excluding carboxylic acids is 2. The molecule has 1 rings (SSSR count). The second-order valence-electron chi connectivity index (χ2n) is 15.2. The predicted octanol–water partition coefficient (Wildman–Crippen LogP) is 15.3. The summed E-state index contributed by atoms with van der Waals surface area (Å²) >= 11 is 0. The van der Waals surface area contributed by atoms with Gasteiger partial charge in [-0.3, -0.25) is 0 Å². The van der Waals surface area contributed by atoms with Crippen LogP contribution >= 0.6 is 0 Å². The summed E-state index contributed by atoms with van der Waals surface area (Å²) in [4.78, 5) is 25.1. The van der Waals surface area contributed by atoms with E-state index in [9.17, 15) is 9.59 Å². The third-order valence-electron chi connectivity index (χ3n) is 10.3. The van der Waals surface area contributed by atoms with Crippen molar-refractivity contribution in [1.29, 1.82) is 0 Å². The van der Waals surface area contributed by atoms with Crippen LogP contribution < -0.4 is 0 Å². The molecule has 1 aromatic carbocycles. The summed E-state index contributed by atoms with van der Waals surface area (Å²) in [6.07, 6.45) is 45.2. The van der Waals surface area contributed by atoms with Crippen LogP contribution in [0.25, 0.3) is 0 Å². The van der Waals surface area contributed by atoms with E-state index < -0.39 is 0 Å². The highest BCUT2D eigenvalue weighted by Crippen LogP contribution is 2.16. The maximum atomic E-state index is 12.6. The van der Waals surface area contributed by atoms with Crippen molar-refractivity contribution < 1.29 is 19.1 Å². The topological polar surface area (TPSA) is 52.6 Å². The van der Waals surface area contributed by atoms with Gasteiger partial charge in [0.2, 0.25) is 0 Å². The van der Waals surface area contributed by atoms with E-state index in [1.54, 1.807) is 24.3 Å². The summed E-state index contributed by atoms with van der Waals surface area (Å²) in [5, 5.41) is 0. The molecule has 0 aliphatic heterocycles. The minimum atomic E-state index is -0.357. The zero-order chi connectivity index (χ0) is 36.0. The van der Waals surface area contributed by atoms with Crippen molar-refractivity contribution >= 4 is 11.9 Å². The van der Waals surface area contributed by atoms with Crippen molar-refractivity contribution in [3.63, 3.8) is 0 Å². The van der Waals surface area contributed by atoms with E-state index in [0.29, 0.717) is 24.3 Å². The SMILES string of the molecule is CCCCCCCCCCCCCCCCCCCOC(=O)c1cccc(C(=O)OCCCCCCCCCCCCCCCCCCC)c1. The molecule has 0 fully saturated rings. The third kappa shape index (κ3) is 29.8. The second-order valence-corrected chi connectivity index (χ2v) is 15.2. The molecular formula is C46H82O4. The molecule has 50 heavy (non-hydrogen) atoms. The van der Waals surface area contributed by atoms with Crippen LogP contribution in [-0.4, -0.2) is 25.2 Å². The molecule has 0 heterocycles. The first-order valence-corrected chi connectivity index (χ1v) is 22.1. The number of esters is 2. The Balaban J connectivity index is 1.93. The van der Waals surface area contributed by atoms with Crippen molar-refractivity contribution in [2.75, 3.05) is 13.2 Å². The Morgan fingerprint density at radius 3 is 0.820 bits per heavy atom. The Bertz CT molecular complexity index is 813. The van der Waals surface area contributed by atoms with Gasteiger partial charge in [0.1, 0.15) is 0 Å². The molecule has 0 amide bonds. The molecule has 0 saturated heterocycles. The molecule has 0 saturated carbocycles. The minimum absolute atomic E-state index is 0.357. The van der Waals surface area contributed by atoms with Crippen LogP contribution in [0.4, 0.5) is 0 Å². The van der Waals surface area contributed by atoms with Gasteiger partial charge in [0.15, 0.2) is 0 Å². The summed E-state index contributed by atoms with van der Waals surface area (Å²) in [5.41, 5.74) is 0.841. The predicted molar refractivity (Wildman–Crippen MR) is 215 cm³/mol. The van der Waals surface area contributed by atoms with E-state index in [1.165, 1.54) is 193 Å². The first-order valence-electron chi connectivity index (χ1n) is 22.1. The minimum Gasteiger partial charge on any atom is -0.462 e. The maximum absolute atomic E-state index is 12.6. The molecule has 0 aliphatic rings. The van der Waals surface area contributed by atoms with E-state index in [-0.39, 0.29) is 11.9 Å². The lowest BCUT2D eigenvalue weighted by molar-refractivity contribution is 0.0496. The summed E-state index contributed by atoms with van der Waals surface area (Å²) in [6.45, 7) is 5.44. The Hall–Kier alpha value is -1.84. The van der Waals surface area contributed by atoms with Gasteiger partial charge in [-0.1, -0.05) is 225 Å². The van der Waals surface area contributed by atoms with Crippen LogP contribution in [0.5, 0.6) is 0 Å². The Morgan fingerprint density at radius 1 is 0.360 bits per heavy atom. The van der Waals surface area contributed by atoms with Gasteiger partial charge in [-0.05, 0) is 31.0 Å². The highest BCUT2D eigenvalue weighted by molar-refractivity contribution is 5.95. The summed E-state index contributed by atoms with van der Waals surface area (Å²) in [5.74, 6) is -0.714. The number of hydrogen-bond donors (Lipinski definition) is 0. The second kappa shape index (κ2) is 36.9. The Kier molecular flexibility index (Phi) is 34.1. The van der Waals surface area contributed by atoms with E-state index >= 15 is 0 Å². The van der Waals surface area contributed by atoms with Gasteiger partial charge in [0.05, 0.1) is 24.3 Å². The summed E-state index contributed by atoms with van der Waals surface area (Å²) in [7, 11) is 0. The molecule has 0 spiro atoms. The lowest BCUT2D eigenvalue weighted by Gasteiger charge is -2.08. The molecule has 4 nitrogen and oxygen atoms in total. The molecule has 1 aromatic rings. The van der Waals surface area contributed by atoms with Crippen LogP contribution in [0.15, 0.2) is 24.3 Å². The number of unbranched alkanes of at least 4 members (excludes halogenated alkanes) is 32. The van der Waals surface area contributed by atoms with Gasteiger partial charge < -0.3 is 9.47 Å². The molecule has 0 radical (unpaired) electrons. The number of ether oxygens (including phenoxy) is 2. The molecule has 0 N–H and O–H groups in total. The van der Waals surface area contributed by atoms with Crippen molar-refractivity contribution in [1.82, 2.24) is 0 Å². The zero-order valence-electron chi connectivity index (χ0n) is 33.4. The first-order chi connectivity index (χ1) is 24.7. The zero-order valence-corrected chi connectivity index (χ0v) is 33.4. The molecule has 0 bridgehead atoms. The van der Waals surface area contributed by atoms with Gasteiger partial charge in [-0.15, -0.1) is 0 Å². The number of hydrogen-bond acceptors (Lipinski definition) is 4. The number of carbonyl (C=O) groups is 2. The van der Waals surface area contributed by atoms with Crippen LogP contribution in [0.1, 0.15) is 253 Å². The Morgan fingerprint density at radius 2 is 0.580 bits per heavy atom. The van der Waals surface area contributed by atoms with E-state index in [4.69, 9.17) is 9.47 Å². The van der Waals surface area contributed by atoms with Crippen molar-refractivity contribution in [2.24, 2.45) is 0 Å². The van der Waals surface area contributed by atoms with Gasteiger partial charge in [0, 0.05) is 0 Å². The van der Waals surface area contributed by atoms with Crippen molar-refractivity contribution in [3.05, 3.63) is 35.4 Å². The lowest BCUT2D eigenvalue weighted by atomic mass is 10.0. The molecule has 0 aliphatic carbocycles. The lowest BCUT2D eigenvalue weighted by Crippen LogP contribution is -2.10. The van der Waals surface area contributed by atoms with Crippen LogP contribution in [0, 0.1) is 0 Å². The van der Waals surface area contributed by atoms with Crippen LogP contribution in [0.3, 0.4) is 0 Å². The average molecular weight is 699 g/mol.